The van der Waals surface area contributed by atoms with Crippen LogP contribution in [-0.2, 0) is 14.3 Å². The summed E-state index contributed by atoms with van der Waals surface area (Å²) in [4.78, 5) is 39.7. The predicted molar refractivity (Wildman–Crippen MR) is 130 cm³/mol. The second-order valence-electron chi connectivity index (χ2n) is 9.89. The average molecular weight is 469 g/mol. The topological polar surface area (TPSA) is 77.8 Å². The van der Waals surface area contributed by atoms with Crippen LogP contribution in [0.1, 0.15) is 62.3 Å². The van der Waals surface area contributed by atoms with Gasteiger partial charge in [-0.1, -0.05) is 20.8 Å². The zero-order chi connectivity index (χ0) is 25.0. The van der Waals surface area contributed by atoms with Gasteiger partial charge in [-0.25, -0.2) is 0 Å². The number of aromatic nitrogens is 1. The molecule has 184 valence electrons. The van der Waals surface area contributed by atoms with E-state index in [1.54, 1.807) is 0 Å². The SMILES string of the molecule is CCOc1ccc(-n2c(C)cc(C(=O)COC(=O)C3CCN(C(=O)C(C)(C)C)CC3)c2C)cc1. The number of piperidine rings is 1. The first-order valence-corrected chi connectivity index (χ1v) is 11.9. The van der Waals surface area contributed by atoms with Gasteiger partial charge in [-0.05, 0) is 63.9 Å². The number of carbonyl (C=O) groups is 3. The highest BCUT2D eigenvalue weighted by molar-refractivity contribution is 5.99. The lowest BCUT2D eigenvalue weighted by molar-refractivity contribution is -0.152. The molecule has 1 amide bonds. The van der Waals surface area contributed by atoms with Crippen LogP contribution in [0.4, 0.5) is 0 Å². The summed E-state index contributed by atoms with van der Waals surface area (Å²) in [5.41, 5.74) is 2.78. The molecule has 0 saturated carbocycles. The number of Topliss-reactive ketones (excluding diaryl/α,β-unsaturated/α-hetero) is 1. The number of hydrogen-bond donors (Lipinski definition) is 0. The molecule has 1 aliphatic heterocycles. The van der Waals surface area contributed by atoms with Gasteiger partial charge in [0.1, 0.15) is 5.75 Å². The molecule has 1 aromatic heterocycles. The lowest BCUT2D eigenvalue weighted by Gasteiger charge is -2.34. The standard InChI is InChI=1S/C27H36N2O5/c1-7-33-22-10-8-21(9-11-22)29-18(2)16-23(19(29)3)24(30)17-34-25(31)20-12-14-28(15-13-20)26(32)27(4,5)6/h8-11,16,20H,7,12-15,17H2,1-6H3. The van der Waals surface area contributed by atoms with Crippen molar-refractivity contribution in [1.82, 2.24) is 9.47 Å². The van der Waals surface area contributed by atoms with Crippen molar-refractivity contribution in [2.45, 2.75) is 54.4 Å². The normalized spacial score (nSPS) is 14.7. The zero-order valence-electron chi connectivity index (χ0n) is 21.1. The van der Waals surface area contributed by atoms with Gasteiger partial charge in [0.15, 0.2) is 6.61 Å². The Bertz CT molecular complexity index is 1040. The van der Waals surface area contributed by atoms with Crippen LogP contribution in [0.5, 0.6) is 5.75 Å². The van der Waals surface area contributed by atoms with Crippen molar-refractivity contribution in [1.29, 1.82) is 0 Å². The summed E-state index contributed by atoms with van der Waals surface area (Å²) in [5, 5.41) is 0. The zero-order valence-corrected chi connectivity index (χ0v) is 21.1. The number of rotatable bonds is 7. The van der Waals surface area contributed by atoms with E-state index in [-0.39, 0.29) is 30.2 Å². The van der Waals surface area contributed by atoms with Crippen molar-refractivity contribution in [2.24, 2.45) is 11.3 Å². The molecule has 0 spiro atoms. The van der Waals surface area contributed by atoms with E-state index in [0.717, 1.165) is 22.8 Å². The van der Waals surface area contributed by atoms with Crippen LogP contribution < -0.4 is 4.74 Å². The van der Waals surface area contributed by atoms with E-state index >= 15 is 0 Å². The van der Waals surface area contributed by atoms with E-state index < -0.39 is 5.41 Å². The lowest BCUT2D eigenvalue weighted by Crippen LogP contribution is -2.45. The molecule has 3 rings (SSSR count). The maximum Gasteiger partial charge on any atom is 0.309 e. The number of likely N-dealkylation sites (tertiary alicyclic amines) is 1. The van der Waals surface area contributed by atoms with E-state index in [9.17, 15) is 14.4 Å². The number of amides is 1. The fourth-order valence-electron chi connectivity index (χ4n) is 4.43. The molecule has 34 heavy (non-hydrogen) atoms. The number of hydrogen-bond acceptors (Lipinski definition) is 5. The first-order chi connectivity index (χ1) is 16.0. The number of aryl methyl sites for hydroxylation is 1. The Balaban J connectivity index is 1.59. The summed E-state index contributed by atoms with van der Waals surface area (Å²) >= 11 is 0. The maximum absolute atomic E-state index is 12.9. The van der Waals surface area contributed by atoms with Crippen molar-refractivity contribution in [2.75, 3.05) is 26.3 Å². The molecular formula is C27H36N2O5. The van der Waals surface area contributed by atoms with Crippen molar-refractivity contribution in [3.05, 3.63) is 47.3 Å². The minimum atomic E-state index is -0.433. The van der Waals surface area contributed by atoms with Crippen LogP contribution in [0.25, 0.3) is 5.69 Å². The number of esters is 1. The third kappa shape index (κ3) is 5.69. The van der Waals surface area contributed by atoms with Gasteiger partial charge in [0.2, 0.25) is 11.7 Å². The van der Waals surface area contributed by atoms with Gasteiger partial charge >= 0.3 is 5.97 Å². The van der Waals surface area contributed by atoms with Crippen LogP contribution in [-0.4, -0.2) is 53.4 Å². The monoisotopic (exact) mass is 468 g/mol. The Hall–Kier alpha value is -3.09. The summed E-state index contributed by atoms with van der Waals surface area (Å²) in [7, 11) is 0. The fourth-order valence-corrected chi connectivity index (χ4v) is 4.43. The molecular weight excluding hydrogens is 432 g/mol. The largest absolute Gasteiger partial charge is 0.494 e. The van der Waals surface area contributed by atoms with Crippen molar-refractivity contribution >= 4 is 17.7 Å². The summed E-state index contributed by atoms with van der Waals surface area (Å²) in [6.07, 6.45) is 1.11. The van der Waals surface area contributed by atoms with Crippen molar-refractivity contribution < 1.29 is 23.9 Å². The summed E-state index contributed by atoms with van der Waals surface area (Å²) in [6.45, 7) is 12.9. The molecule has 1 fully saturated rings. The minimum absolute atomic E-state index is 0.0948. The van der Waals surface area contributed by atoms with Gasteiger partial charge in [-0.15, -0.1) is 0 Å². The number of carbonyl (C=O) groups excluding carboxylic acids is 3. The molecule has 2 aromatic rings. The molecule has 1 aromatic carbocycles. The number of ketones is 1. The molecule has 7 heteroatoms. The van der Waals surface area contributed by atoms with Crippen LogP contribution in [0.2, 0.25) is 0 Å². The summed E-state index contributed by atoms with van der Waals surface area (Å²) < 4.78 is 12.9. The van der Waals surface area contributed by atoms with Gasteiger partial charge in [-0.3, -0.25) is 14.4 Å². The Kier molecular flexibility index (Phi) is 7.85. The molecule has 1 aliphatic rings. The van der Waals surface area contributed by atoms with Gasteiger partial charge in [-0.2, -0.15) is 0 Å². The average Bonchev–Trinajstić information content (AvgIpc) is 3.11. The Labute approximate surface area is 202 Å². The predicted octanol–water partition coefficient (Wildman–Crippen LogP) is 4.50. The van der Waals surface area contributed by atoms with E-state index in [1.807, 2.05) is 81.3 Å². The Morgan fingerprint density at radius 2 is 1.65 bits per heavy atom. The highest BCUT2D eigenvalue weighted by atomic mass is 16.5. The van der Waals surface area contributed by atoms with Crippen LogP contribution in [0.15, 0.2) is 30.3 Å². The van der Waals surface area contributed by atoms with Gasteiger partial charge in [0.25, 0.3) is 0 Å². The Morgan fingerprint density at radius 1 is 1.03 bits per heavy atom. The van der Waals surface area contributed by atoms with E-state index in [2.05, 4.69) is 0 Å². The molecule has 0 bridgehead atoms. The molecule has 7 nitrogen and oxygen atoms in total. The first kappa shape index (κ1) is 25.5. The number of ether oxygens (including phenoxy) is 2. The quantitative estimate of drug-likeness (QED) is 0.442. The van der Waals surface area contributed by atoms with Crippen LogP contribution in [0.3, 0.4) is 0 Å². The number of benzene rings is 1. The molecule has 0 atom stereocenters. The van der Waals surface area contributed by atoms with E-state index in [4.69, 9.17) is 9.47 Å². The van der Waals surface area contributed by atoms with E-state index in [1.165, 1.54) is 0 Å². The first-order valence-electron chi connectivity index (χ1n) is 11.9. The van der Waals surface area contributed by atoms with Gasteiger partial charge in [0.05, 0.1) is 12.5 Å². The van der Waals surface area contributed by atoms with Gasteiger partial charge in [0, 0.05) is 41.1 Å². The van der Waals surface area contributed by atoms with Crippen LogP contribution >= 0.6 is 0 Å². The number of nitrogens with zero attached hydrogens (tertiary/aromatic N) is 2. The molecule has 0 N–H and O–H groups in total. The third-order valence-electron chi connectivity index (χ3n) is 6.24. The molecule has 0 aliphatic carbocycles. The van der Waals surface area contributed by atoms with E-state index in [0.29, 0.717) is 38.1 Å². The van der Waals surface area contributed by atoms with Gasteiger partial charge < -0.3 is 18.9 Å². The fraction of sp³-hybridized carbons (Fsp3) is 0.519. The highest BCUT2D eigenvalue weighted by Gasteiger charge is 2.33. The van der Waals surface area contributed by atoms with Crippen molar-refractivity contribution in [3.63, 3.8) is 0 Å². The minimum Gasteiger partial charge on any atom is -0.494 e. The Morgan fingerprint density at radius 3 is 2.21 bits per heavy atom. The maximum atomic E-state index is 12.9. The third-order valence-corrected chi connectivity index (χ3v) is 6.24. The second kappa shape index (κ2) is 10.5. The van der Waals surface area contributed by atoms with Crippen molar-refractivity contribution in [3.8, 4) is 11.4 Å². The lowest BCUT2D eigenvalue weighted by atomic mass is 9.91. The molecule has 0 unspecified atom stereocenters. The smallest absolute Gasteiger partial charge is 0.309 e. The molecule has 1 saturated heterocycles. The highest BCUT2D eigenvalue weighted by Crippen LogP contribution is 2.26. The molecule has 2 heterocycles. The molecule has 0 radical (unpaired) electrons. The second-order valence-corrected chi connectivity index (χ2v) is 9.89. The summed E-state index contributed by atoms with van der Waals surface area (Å²) in [5.74, 6) is 0.0199. The summed E-state index contributed by atoms with van der Waals surface area (Å²) in [6, 6.07) is 9.55. The van der Waals surface area contributed by atoms with Crippen LogP contribution in [0, 0.1) is 25.2 Å².